The van der Waals surface area contributed by atoms with E-state index in [1.54, 1.807) is 6.92 Å². The summed E-state index contributed by atoms with van der Waals surface area (Å²) < 4.78 is 5.21. The van der Waals surface area contributed by atoms with Crippen molar-refractivity contribution in [2.45, 2.75) is 33.5 Å². The van der Waals surface area contributed by atoms with Gasteiger partial charge < -0.3 is 4.74 Å². The topological polar surface area (TPSA) is 44.8 Å². The predicted octanol–water partition coefficient (Wildman–Crippen LogP) is 1.81. The fourth-order valence-electron chi connectivity index (χ4n) is 0.944. The lowest BCUT2D eigenvalue weighted by Crippen LogP contribution is -2.59. The maximum Gasteiger partial charge on any atom is 0.335 e. The first-order valence-electron chi connectivity index (χ1n) is 4.48. The van der Waals surface area contributed by atoms with Crippen molar-refractivity contribution >= 4 is 5.97 Å². The Balaban J connectivity index is 2.73. The molecular weight excluding hydrogens is 184 g/mol. The number of carbonyl (C=O) groups is 1. The Morgan fingerprint density at radius 1 is 1.50 bits per heavy atom. The smallest absolute Gasteiger partial charge is 0.335 e. The van der Waals surface area contributed by atoms with E-state index in [0.717, 1.165) is 0 Å². The van der Waals surface area contributed by atoms with Gasteiger partial charge in [-0.2, -0.15) is 4.89 Å². The molecule has 0 aromatic rings. The van der Waals surface area contributed by atoms with Gasteiger partial charge in [-0.05, 0) is 6.92 Å². The monoisotopic (exact) mass is 200 g/mol. The molecule has 4 nitrogen and oxygen atoms in total. The molecule has 0 aromatic carbocycles. The number of esters is 1. The zero-order chi connectivity index (χ0) is 11.0. The van der Waals surface area contributed by atoms with Crippen LogP contribution in [0.25, 0.3) is 0 Å². The van der Waals surface area contributed by atoms with Crippen molar-refractivity contribution in [3.05, 3.63) is 12.2 Å². The molecule has 1 heterocycles. The molecule has 0 N–H and O–H groups in total. The summed E-state index contributed by atoms with van der Waals surface area (Å²) in [5, 5.41) is 0. The molecule has 0 radical (unpaired) electrons. The van der Waals surface area contributed by atoms with E-state index < -0.39 is 11.8 Å². The van der Waals surface area contributed by atoms with Crippen LogP contribution in [0.15, 0.2) is 12.2 Å². The van der Waals surface area contributed by atoms with Crippen LogP contribution in [0.3, 0.4) is 0 Å². The molecule has 0 amide bonds. The minimum Gasteiger partial charge on any atom is -0.424 e. The Labute approximate surface area is 83.8 Å². The summed E-state index contributed by atoms with van der Waals surface area (Å²) >= 11 is 0. The average Bonchev–Trinajstić information content (AvgIpc) is 1.93. The second kappa shape index (κ2) is 3.37. The van der Waals surface area contributed by atoms with Crippen molar-refractivity contribution in [3.8, 4) is 0 Å². The molecule has 0 aromatic heterocycles. The zero-order valence-electron chi connectivity index (χ0n) is 9.05. The second-order valence-electron chi connectivity index (χ2n) is 4.52. The minimum absolute atomic E-state index is 0.259. The first-order valence-corrected chi connectivity index (χ1v) is 4.48. The molecule has 4 heteroatoms. The lowest BCUT2D eigenvalue weighted by molar-refractivity contribution is -0.550. The minimum atomic E-state index is -0.969. The Morgan fingerprint density at radius 2 is 2.00 bits per heavy atom. The van der Waals surface area contributed by atoms with Crippen LogP contribution in [0, 0.1) is 5.41 Å². The van der Waals surface area contributed by atoms with Crippen LogP contribution >= 0.6 is 0 Å². The third-order valence-electron chi connectivity index (χ3n) is 2.19. The highest BCUT2D eigenvalue weighted by molar-refractivity contribution is 5.87. The molecule has 14 heavy (non-hydrogen) atoms. The Bertz CT molecular complexity index is 258. The molecule has 1 unspecified atom stereocenters. The second-order valence-corrected chi connectivity index (χ2v) is 4.52. The van der Waals surface area contributed by atoms with E-state index in [-0.39, 0.29) is 12.0 Å². The molecule has 1 rings (SSSR count). The maximum absolute atomic E-state index is 11.3. The quantitative estimate of drug-likeness (QED) is 0.387. The van der Waals surface area contributed by atoms with Crippen LogP contribution in [0.5, 0.6) is 0 Å². The van der Waals surface area contributed by atoms with Gasteiger partial charge in [0.1, 0.15) is 0 Å². The van der Waals surface area contributed by atoms with Gasteiger partial charge in [0.2, 0.25) is 0 Å². The summed E-state index contributed by atoms with van der Waals surface area (Å²) in [7, 11) is 0. The van der Waals surface area contributed by atoms with Crippen LogP contribution < -0.4 is 0 Å². The number of ether oxygens (including phenoxy) is 1. The van der Waals surface area contributed by atoms with E-state index >= 15 is 0 Å². The number of hydrogen-bond acceptors (Lipinski definition) is 4. The van der Waals surface area contributed by atoms with E-state index in [1.807, 2.05) is 20.8 Å². The molecule has 1 aliphatic heterocycles. The van der Waals surface area contributed by atoms with E-state index in [1.165, 1.54) is 0 Å². The van der Waals surface area contributed by atoms with Gasteiger partial charge in [0.15, 0.2) is 6.61 Å². The van der Waals surface area contributed by atoms with Crippen molar-refractivity contribution in [2.75, 3.05) is 6.61 Å². The molecule has 0 bridgehead atoms. The van der Waals surface area contributed by atoms with Crippen molar-refractivity contribution in [3.63, 3.8) is 0 Å². The molecule has 0 aliphatic carbocycles. The molecule has 1 aliphatic rings. The summed E-state index contributed by atoms with van der Waals surface area (Å²) in [5.41, 5.74) is 0.0280. The lowest BCUT2D eigenvalue weighted by atomic mass is 9.85. The highest BCUT2D eigenvalue weighted by Gasteiger charge is 2.55. The van der Waals surface area contributed by atoms with Gasteiger partial charge in [-0.15, -0.1) is 0 Å². The largest absolute Gasteiger partial charge is 0.424 e. The number of rotatable bonds is 2. The Hall–Kier alpha value is -0.870. The van der Waals surface area contributed by atoms with Crippen molar-refractivity contribution in [1.82, 2.24) is 0 Å². The third-order valence-corrected chi connectivity index (χ3v) is 2.19. The van der Waals surface area contributed by atoms with Crippen molar-refractivity contribution < 1.29 is 19.3 Å². The Morgan fingerprint density at radius 3 is 2.21 bits per heavy atom. The summed E-state index contributed by atoms with van der Waals surface area (Å²) in [6.07, 6.45) is 0. The zero-order valence-corrected chi connectivity index (χ0v) is 9.05. The van der Waals surface area contributed by atoms with Crippen LogP contribution in [0.1, 0.15) is 27.7 Å². The average molecular weight is 200 g/mol. The predicted molar refractivity (Wildman–Crippen MR) is 50.1 cm³/mol. The van der Waals surface area contributed by atoms with Crippen molar-refractivity contribution in [1.29, 1.82) is 0 Å². The van der Waals surface area contributed by atoms with E-state index in [4.69, 9.17) is 9.62 Å². The first kappa shape index (κ1) is 11.2. The van der Waals surface area contributed by atoms with E-state index in [0.29, 0.717) is 5.57 Å². The van der Waals surface area contributed by atoms with Gasteiger partial charge in [-0.25, -0.2) is 9.68 Å². The Kier molecular flexibility index (Phi) is 2.69. The van der Waals surface area contributed by atoms with Crippen molar-refractivity contribution in [2.24, 2.45) is 5.41 Å². The maximum atomic E-state index is 11.3. The molecule has 0 spiro atoms. The summed E-state index contributed by atoms with van der Waals surface area (Å²) in [5.74, 6) is -1.42. The van der Waals surface area contributed by atoms with Crippen LogP contribution in [-0.2, 0) is 19.3 Å². The standard InChI is InChI=1S/C10H16O4/c1-7(2)8(11)13-10(6-12-14-10)9(3,4)5/h1,6H2,2-5H3. The highest BCUT2D eigenvalue weighted by Crippen LogP contribution is 2.41. The molecule has 0 saturated carbocycles. The molecule has 1 atom stereocenters. The van der Waals surface area contributed by atoms with Gasteiger partial charge >= 0.3 is 5.97 Å². The van der Waals surface area contributed by atoms with E-state index in [2.05, 4.69) is 11.5 Å². The van der Waals surface area contributed by atoms with Crippen LogP contribution in [0.2, 0.25) is 0 Å². The first-order chi connectivity index (χ1) is 6.28. The van der Waals surface area contributed by atoms with Gasteiger partial charge in [-0.1, -0.05) is 27.4 Å². The normalized spacial score (nSPS) is 26.6. The summed E-state index contributed by atoms with van der Waals surface area (Å²) in [6, 6.07) is 0. The summed E-state index contributed by atoms with van der Waals surface area (Å²) in [6.45, 7) is 11.1. The van der Waals surface area contributed by atoms with Gasteiger partial charge in [0, 0.05) is 11.0 Å². The van der Waals surface area contributed by atoms with E-state index in [9.17, 15) is 4.79 Å². The fourth-order valence-corrected chi connectivity index (χ4v) is 0.944. The van der Waals surface area contributed by atoms with Crippen LogP contribution in [-0.4, -0.2) is 18.4 Å². The fraction of sp³-hybridized carbons (Fsp3) is 0.700. The van der Waals surface area contributed by atoms with Gasteiger partial charge in [-0.3, -0.25) is 0 Å². The third kappa shape index (κ3) is 1.81. The molecular formula is C10H16O4. The molecule has 1 fully saturated rings. The molecule has 80 valence electrons. The van der Waals surface area contributed by atoms with Crippen LogP contribution in [0.4, 0.5) is 0 Å². The SMILES string of the molecule is C=C(C)C(=O)OC1(C(C)(C)C)COO1. The number of hydrogen-bond donors (Lipinski definition) is 0. The summed E-state index contributed by atoms with van der Waals surface area (Å²) in [4.78, 5) is 20.9. The highest BCUT2D eigenvalue weighted by atomic mass is 17.3. The number of carbonyl (C=O) groups excluding carboxylic acids is 1. The lowest BCUT2D eigenvalue weighted by Gasteiger charge is -2.46. The molecule has 1 saturated heterocycles. The van der Waals surface area contributed by atoms with Gasteiger partial charge in [0.25, 0.3) is 5.79 Å². The van der Waals surface area contributed by atoms with Gasteiger partial charge in [0.05, 0.1) is 0 Å².